The maximum absolute atomic E-state index is 14.9. The molecule has 10 heteroatoms. The van der Waals surface area contributed by atoms with Crippen LogP contribution >= 0.6 is 0 Å². The Morgan fingerprint density at radius 2 is 0.566 bits per heavy atom. The number of anilines is 6. The van der Waals surface area contributed by atoms with Crippen molar-refractivity contribution in [2.24, 2.45) is 0 Å². The highest BCUT2D eigenvalue weighted by atomic mass is 19.4. The van der Waals surface area contributed by atoms with Crippen molar-refractivity contribution >= 4 is 58.4 Å². The molecule has 7 aromatic carbocycles. The zero-order valence-electron chi connectivity index (χ0n) is 45.2. The Balaban J connectivity index is 1.65. The standard InChI is InChI=1S/C66H64F6N4/c1-61(2,3)49-21-29-53(30-22-49)75(54-31-23-50(24-32-54)62(4,5)6)59-39-48(20-18-46-16-14-44(42-74)38-58(46)66(70,71)72)60(40-47(59)19-17-45-15-13-43(41-73)37-57(45)65(67,68)69)76(55-33-25-51(26-34-55)63(7,8)9)56-35-27-52(28-36-56)64(10,11)12/h13-40H,1-12H3/b19-17+,20-18+. The van der Waals surface area contributed by atoms with Gasteiger partial charge in [-0.3, -0.25) is 0 Å². The zero-order chi connectivity index (χ0) is 55.8. The quantitative estimate of drug-likeness (QED) is 0.101. The average molecular weight is 1030 g/mol. The maximum atomic E-state index is 14.9. The minimum absolute atomic E-state index is 0.145. The van der Waals surface area contributed by atoms with Gasteiger partial charge in [0.1, 0.15) is 0 Å². The molecule has 76 heavy (non-hydrogen) atoms. The molecule has 0 bridgehead atoms. The van der Waals surface area contributed by atoms with E-state index in [0.29, 0.717) is 45.3 Å². The Morgan fingerprint density at radius 1 is 0.329 bits per heavy atom. The van der Waals surface area contributed by atoms with E-state index in [9.17, 15) is 36.9 Å². The normalized spacial score (nSPS) is 12.7. The number of benzene rings is 7. The topological polar surface area (TPSA) is 54.1 Å². The molecule has 7 rings (SSSR count). The third-order valence-electron chi connectivity index (χ3n) is 13.5. The van der Waals surface area contributed by atoms with E-state index in [1.54, 1.807) is 12.2 Å². The van der Waals surface area contributed by atoms with Crippen LogP contribution in [0, 0.1) is 22.7 Å². The number of hydrogen-bond donors (Lipinski definition) is 0. The fourth-order valence-electron chi connectivity index (χ4n) is 8.95. The molecule has 0 radical (unpaired) electrons. The zero-order valence-corrected chi connectivity index (χ0v) is 45.2. The van der Waals surface area contributed by atoms with Gasteiger partial charge in [-0.05, 0) is 140 Å². The lowest BCUT2D eigenvalue weighted by Gasteiger charge is -2.33. The lowest BCUT2D eigenvalue weighted by molar-refractivity contribution is -0.138. The molecule has 0 aliphatic rings. The summed E-state index contributed by atoms with van der Waals surface area (Å²) >= 11 is 0. The van der Waals surface area contributed by atoms with Gasteiger partial charge >= 0.3 is 12.4 Å². The van der Waals surface area contributed by atoms with Crippen molar-refractivity contribution in [3.05, 3.63) is 212 Å². The Hall–Kier alpha value is -7.82. The second-order valence-corrected chi connectivity index (χ2v) is 23.3. The number of rotatable bonds is 10. The van der Waals surface area contributed by atoms with Gasteiger partial charge in [0.2, 0.25) is 0 Å². The monoisotopic (exact) mass is 1030 g/mol. The smallest absolute Gasteiger partial charge is 0.310 e. The molecule has 0 fully saturated rings. The molecule has 0 N–H and O–H groups in total. The van der Waals surface area contributed by atoms with Crippen molar-refractivity contribution in [2.75, 3.05) is 9.80 Å². The summed E-state index contributed by atoms with van der Waals surface area (Å²) in [6, 6.07) is 46.5. The minimum Gasteiger partial charge on any atom is -0.310 e. The Morgan fingerprint density at radius 3 is 0.776 bits per heavy atom. The first-order chi connectivity index (χ1) is 35.4. The maximum Gasteiger partial charge on any atom is 0.417 e. The minimum atomic E-state index is -4.80. The summed E-state index contributed by atoms with van der Waals surface area (Å²) < 4.78 is 89.4. The molecule has 0 aliphatic carbocycles. The molecule has 0 heterocycles. The van der Waals surface area contributed by atoms with Crippen molar-refractivity contribution in [3.8, 4) is 12.1 Å². The third kappa shape index (κ3) is 12.8. The van der Waals surface area contributed by atoms with Crippen molar-refractivity contribution in [1.82, 2.24) is 0 Å². The van der Waals surface area contributed by atoms with E-state index < -0.39 is 23.5 Å². The number of halogens is 6. The van der Waals surface area contributed by atoms with Crippen LogP contribution in [0.2, 0.25) is 0 Å². The number of nitriles is 2. The van der Waals surface area contributed by atoms with Crippen molar-refractivity contribution in [1.29, 1.82) is 10.5 Å². The van der Waals surface area contributed by atoms with Gasteiger partial charge in [0.15, 0.2) is 0 Å². The molecule has 0 saturated carbocycles. The van der Waals surface area contributed by atoms with E-state index in [-0.39, 0.29) is 43.9 Å². The van der Waals surface area contributed by atoms with Crippen LogP contribution in [0.5, 0.6) is 0 Å². The Bertz CT molecular complexity index is 3010. The lowest BCUT2D eigenvalue weighted by Crippen LogP contribution is -2.17. The van der Waals surface area contributed by atoms with E-state index in [4.69, 9.17) is 0 Å². The van der Waals surface area contributed by atoms with Crippen LogP contribution in [0.15, 0.2) is 146 Å². The molecule has 4 nitrogen and oxygen atoms in total. The molecule has 0 spiro atoms. The predicted octanol–water partition coefficient (Wildman–Crippen LogP) is 19.9. The van der Waals surface area contributed by atoms with Gasteiger partial charge < -0.3 is 9.80 Å². The van der Waals surface area contributed by atoms with Crippen LogP contribution in [0.4, 0.5) is 60.5 Å². The lowest BCUT2D eigenvalue weighted by atomic mass is 9.86. The van der Waals surface area contributed by atoms with Crippen LogP contribution in [-0.2, 0) is 34.0 Å². The molecule has 0 aromatic heterocycles. The van der Waals surface area contributed by atoms with Crippen LogP contribution in [0.3, 0.4) is 0 Å². The van der Waals surface area contributed by atoms with Gasteiger partial charge in [-0.15, -0.1) is 0 Å². The van der Waals surface area contributed by atoms with Gasteiger partial charge in [0.05, 0.1) is 45.8 Å². The summed E-state index contributed by atoms with van der Waals surface area (Å²) in [6.45, 7) is 25.3. The highest BCUT2D eigenvalue weighted by Crippen LogP contribution is 2.47. The summed E-state index contributed by atoms with van der Waals surface area (Å²) in [5, 5.41) is 19.3. The summed E-state index contributed by atoms with van der Waals surface area (Å²) in [5.41, 5.74) is 5.57. The van der Waals surface area contributed by atoms with Crippen molar-refractivity contribution in [2.45, 2.75) is 117 Å². The highest BCUT2D eigenvalue weighted by Gasteiger charge is 2.35. The van der Waals surface area contributed by atoms with Gasteiger partial charge in [-0.1, -0.05) is 168 Å². The first-order valence-corrected chi connectivity index (χ1v) is 25.2. The first-order valence-electron chi connectivity index (χ1n) is 25.2. The van der Waals surface area contributed by atoms with Crippen molar-refractivity contribution < 1.29 is 26.3 Å². The third-order valence-corrected chi connectivity index (χ3v) is 13.5. The van der Waals surface area contributed by atoms with Gasteiger partial charge in [0, 0.05) is 33.9 Å². The van der Waals surface area contributed by atoms with E-state index in [2.05, 4.69) is 83.1 Å². The number of hydrogen-bond acceptors (Lipinski definition) is 4. The van der Waals surface area contributed by atoms with Crippen LogP contribution in [0.25, 0.3) is 24.3 Å². The van der Waals surface area contributed by atoms with Gasteiger partial charge in [-0.2, -0.15) is 36.9 Å². The number of nitrogens with zero attached hydrogens (tertiary/aromatic N) is 4. The largest absolute Gasteiger partial charge is 0.417 e. The molecule has 0 unspecified atom stereocenters. The fraction of sp³-hybridized carbons (Fsp3) is 0.273. The van der Waals surface area contributed by atoms with Crippen LogP contribution in [0.1, 0.15) is 150 Å². The van der Waals surface area contributed by atoms with Gasteiger partial charge in [0.25, 0.3) is 0 Å². The molecule has 7 aromatic rings. The molecule has 0 atom stereocenters. The molecular formula is C66H64F6N4. The second kappa shape index (κ2) is 21.1. The van der Waals surface area contributed by atoms with E-state index in [1.165, 1.54) is 36.4 Å². The summed E-state index contributed by atoms with van der Waals surface area (Å²) in [4.78, 5) is 4.01. The predicted molar refractivity (Wildman–Crippen MR) is 301 cm³/mol. The molecule has 0 amide bonds. The van der Waals surface area contributed by atoms with E-state index >= 15 is 0 Å². The van der Waals surface area contributed by atoms with Crippen molar-refractivity contribution in [3.63, 3.8) is 0 Å². The Labute approximate surface area is 444 Å². The molecule has 390 valence electrons. The second-order valence-electron chi connectivity index (χ2n) is 23.3. The highest BCUT2D eigenvalue weighted by molar-refractivity contribution is 5.94. The van der Waals surface area contributed by atoms with Crippen LogP contribution < -0.4 is 9.80 Å². The first kappa shape index (κ1) is 55.9. The SMILES string of the molecule is CC(C)(C)c1ccc(N(c2ccc(C(C)(C)C)cc2)c2cc(/C=C/c3ccc(C#N)cc3C(F)(F)F)c(N(c3ccc(C(C)(C)C)cc3)c3ccc(C(C)(C)C)cc3)cc2/C=C/c2ccc(C#N)cc2C(F)(F)F)cc1. The fourth-order valence-corrected chi connectivity index (χ4v) is 8.95. The Kier molecular flexibility index (Phi) is 15.5. The van der Waals surface area contributed by atoms with Crippen LogP contribution in [-0.4, -0.2) is 0 Å². The van der Waals surface area contributed by atoms with Gasteiger partial charge in [-0.25, -0.2) is 0 Å². The molecular weight excluding hydrogens is 963 g/mol. The molecule has 0 aliphatic heterocycles. The average Bonchev–Trinajstić information content (AvgIpc) is 3.34. The number of alkyl halides is 6. The van der Waals surface area contributed by atoms with E-state index in [0.717, 1.165) is 34.4 Å². The summed E-state index contributed by atoms with van der Waals surface area (Å²) in [6.07, 6.45) is -3.59. The summed E-state index contributed by atoms with van der Waals surface area (Å²) in [5.74, 6) is 0. The molecule has 0 saturated heterocycles. The summed E-state index contributed by atoms with van der Waals surface area (Å²) in [7, 11) is 0. The van der Waals surface area contributed by atoms with E-state index in [1.807, 2.05) is 131 Å².